The summed E-state index contributed by atoms with van der Waals surface area (Å²) in [5.41, 5.74) is 3.21. The number of halogens is 2. The number of allylic oxidation sites excluding steroid dienone is 3. The van der Waals surface area contributed by atoms with Gasteiger partial charge in [-0.15, -0.1) is 6.58 Å². The molecule has 2 aliphatic rings. The zero-order valence-electron chi connectivity index (χ0n) is 12.5. The zero-order valence-corrected chi connectivity index (χ0v) is 12.5. The molecule has 1 aromatic carbocycles. The van der Waals surface area contributed by atoms with Gasteiger partial charge in [0.2, 0.25) is 0 Å². The van der Waals surface area contributed by atoms with Crippen LogP contribution in [0.5, 0.6) is 0 Å². The summed E-state index contributed by atoms with van der Waals surface area (Å²) in [6.07, 6.45) is 8.17. The third-order valence-electron chi connectivity index (χ3n) is 5.09. The summed E-state index contributed by atoms with van der Waals surface area (Å²) in [6, 6.07) is 4.26. The maximum atomic E-state index is 13.8. The van der Waals surface area contributed by atoms with Crippen LogP contribution in [0.1, 0.15) is 55.6 Å². The lowest BCUT2D eigenvalue weighted by molar-refractivity contribution is 0.460. The van der Waals surface area contributed by atoms with E-state index in [2.05, 4.69) is 6.58 Å². The Balaban J connectivity index is 1.83. The van der Waals surface area contributed by atoms with Crippen LogP contribution in [0.25, 0.3) is 0 Å². The molecule has 0 bridgehead atoms. The van der Waals surface area contributed by atoms with E-state index in [9.17, 15) is 8.78 Å². The molecule has 0 saturated heterocycles. The third kappa shape index (κ3) is 2.70. The fourth-order valence-electron chi connectivity index (χ4n) is 3.79. The fraction of sp³-hybridized carbons (Fsp3) is 0.421. The van der Waals surface area contributed by atoms with Gasteiger partial charge < -0.3 is 0 Å². The predicted octanol–water partition coefficient (Wildman–Crippen LogP) is 5.39. The Morgan fingerprint density at radius 3 is 2.36 bits per heavy atom. The average Bonchev–Trinajstić information content (AvgIpc) is 2.53. The van der Waals surface area contributed by atoms with Crippen molar-refractivity contribution in [1.82, 2.24) is 0 Å². The van der Waals surface area contributed by atoms with Crippen LogP contribution >= 0.6 is 0 Å². The Morgan fingerprint density at radius 2 is 1.73 bits per heavy atom. The highest BCUT2D eigenvalue weighted by molar-refractivity contribution is 5.38. The molecule has 3 rings (SSSR count). The van der Waals surface area contributed by atoms with E-state index in [0.29, 0.717) is 11.5 Å². The highest BCUT2D eigenvalue weighted by atomic mass is 19.1. The van der Waals surface area contributed by atoms with Gasteiger partial charge >= 0.3 is 0 Å². The van der Waals surface area contributed by atoms with Crippen LogP contribution in [0.15, 0.2) is 35.9 Å². The van der Waals surface area contributed by atoms with Gasteiger partial charge in [-0.1, -0.05) is 17.2 Å². The van der Waals surface area contributed by atoms with Gasteiger partial charge in [0.05, 0.1) is 0 Å². The van der Waals surface area contributed by atoms with Crippen LogP contribution in [0, 0.1) is 28.9 Å². The molecule has 1 nitrogen and oxygen atoms in total. The van der Waals surface area contributed by atoms with E-state index in [1.807, 2.05) is 6.08 Å². The monoisotopic (exact) mass is 299 g/mol. The number of rotatable bonds is 2. The number of benzene rings is 1. The Morgan fingerprint density at radius 1 is 1.09 bits per heavy atom. The van der Waals surface area contributed by atoms with E-state index in [1.54, 1.807) is 6.07 Å². The molecular weight excluding hydrogens is 280 g/mol. The first-order valence-corrected chi connectivity index (χ1v) is 7.83. The molecule has 22 heavy (non-hydrogen) atoms. The summed E-state index contributed by atoms with van der Waals surface area (Å²) in [5, 5.41) is 8.76. The number of hydrogen-bond donors (Lipinski definition) is 0. The van der Waals surface area contributed by atoms with Gasteiger partial charge in [0, 0.05) is 0 Å². The standard InChI is InChI=1S/C19H19F2N/c1-2-12-3-4-14-8-15(6-5-13(14)7-12)16-9-18(20)17(11-22)19(21)10-16/h2,9-10,12,15H,1,3-8H2. The average molecular weight is 299 g/mol. The van der Waals surface area contributed by atoms with Crippen molar-refractivity contribution < 1.29 is 8.78 Å². The zero-order chi connectivity index (χ0) is 15.7. The third-order valence-corrected chi connectivity index (χ3v) is 5.09. The van der Waals surface area contributed by atoms with E-state index in [-0.39, 0.29) is 5.92 Å². The lowest BCUT2D eigenvalue weighted by Gasteiger charge is -2.33. The number of hydrogen-bond acceptors (Lipinski definition) is 1. The van der Waals surface area contributed by atoms with E-state index < -0.39 is 17.2 Å². The van der Waals surface area contributed by atoms with Gasteiger partial charge in [0.1, 0.15) is 23.3 Å². The summed E-state index contributed by atoms with van der Waals surface area (Å²) in [7, 11) is 0. The van der Waals surface area contributed by atoms with Crippen molar-refractivity contribution in [2.24, 2.45) is 5.92 Å². The minimum atomic E-state index is -0.743. The highest BCUT2D eigenvalue weighted by Crippen LogP contribution is 2.44. The van der Waals surface area contributed by atoms with Crippen molar-refractivity contribution in [1.29, 1.82) is 5.26 Å². The molecule has 0 aromatic heterocycles. The molecular formula is C19H19F2N. The van der Waals surface area contributed by atoms with Crippen LogP contribution in [0.4, 0.5) is 8.78 Å². The van der Waals surface area contributed by atoms with Crippen molar-refractivity contribution in [2.75, 3.05) is 0 Å². The number of nitrogens with zero attached hydrogens (tertiary/aromatic N) is 1. The summed E-state index contributed by atoms with van der Waals surface area (Å²) in [6.45, 7) is 3.89. The maximum Gasteiger partial charge on any atom is 0.144 e. The SMILES string of the molecule is C=CC1CCC2=C(CCC(c3cc(F)c(C#N)c(F)c3)C2)C1. The van der Waals surface area contributed by atoms with Crippen LogP contribution in [0.2, 0.25) is 0 Å². The van der Waals surface area contributed by atoms with E-state index >= 15 is 0 Å². The molecule has 0 aliphatic heterocycles. The van der Waals surface area contributed by atoms with E-state index in [0.717, 1.165) is 38.5 Å². The molecule has 0 fully saturated rings. The Kier molecular flexibility index (Phi) is 4.11. The van der Waals surface area contributed by atoms with E-state index in [1.165, 1.54) is 23.3 Å². The fourth-order valence-corrected chi connectivity index (χ4v) is 3.79. The normalized spacial score (nSPS) is 24.6. The topological polar surface area (TPSA) is 23.8 Å². The number of nitriles is 1. The minimum absolute atomic E-state index is 0.163. The first-order valence-electron chi connectivity index (χ1n) is 7.83. The Bertz CT molecular complexity index is 658. The van der Waals surface area contributed by atoms with Gasteiger partial charge in [-0.05, 0) is 68.1 Å². The lowest BCUT2D eigenvalue weighted by Crippen LogP contribution is -2.16. The molecule has 0 heterocycles. The Hall–Kier alpha value is -1.95. The highest BCUT2D eigenvalue weighted by Gasteiger charge is 2.27. The second-order valence-electron chi connectivity index (χ2n) is 6.36. The summed E-state index contributed by atoms with van der Waals surface area (Å²) < 4.78 is 27.6. The first-order chi connectivity index (χ1) is 10.6. The molecule has 0 N–H and O–H groups in total. The van der Waals surface area contributed by atoms with Crippen LogP contribution in [0.3, 0.4) is 0 Å². The summed E-state index contributed by atoms with van der Waals surface area (Å²) in [4.78, 5) is 0. The largest absolute Gasteiger partial charge is 0.205 e. The van der Waals surface area contributed by atoms with Crippen molar-refractivity contribution in [2.45, 2.75) is 44.4 Å². The van der Waals surface area contributed by atoms with Gasteiger partial charge in [-0.3, -0.25) is 0 Å². The molecule has 0 spiro atoms. The van der Waals surface area contributed by atoms with E-state index in [4.69, 9.17) is 5.26 Å². The molecule has 0 radical (unpaired) electrons. The Labute approximate surface area is 130 Å². The lowest BCUT2D eigenvalue weighted by atomic mass is 9.72. The molecule has 2 unspecified atom stereocenters. The maximum absolute atomic E-state index is 13.8. The van der Waals surface area contributed by atoms with Crippen molar-refractivity contribution in [3.63, 3.8) is 0 Å². The van der Waals surface area contributed by atoms with Crippen LogP contribution < -0.4 is 0 Å². The van der Waals surface area contributed by atoms with Crippen molar-refractivity contribution >= 4 is 0 Å². The second-order valence-corrected chi connectivity index (χ2v) is 6.36. The minimum Gasteiger partial charge on any atom is -0.205 e. The quantitative estimate of drug-likeness (QED) is 0.672. The van der Waals surface area contributed by atoms with Crippen molar-refractivity contribution in [3.05, 3.63) is 58.7 Å². The summed E-state index contributed by atoms with van der Waals surface area (Å²) >= 11 is 0. The van der Waals surface area contributed by atoms with Gasteiger partial charge in [-0.2, -0.15) is 5.26 Å². The molecule has 3 heteroatoms. The van der Waals surface area contributed by atoms with Gasteiger partial charge in [0.15, 0.2) is 0 Å². The molecule has 0 saturated carbocycles. The first kappa shape index (κ1) is 15.0. The molecule has 0 amide bonds. The smallest absolute Gasteiger partial charge is 0.144 e. The molecule has 1 aromatic rings. The van der Waals surface area contributed by atoms with Crippen LogP contribution in [-0.2, 0) is 0 Å². The predicted molar refractivity (Wildman–Crippen MR) is 82.2 cm³/mol. The van der Waals surface area contributed by atoms with Crippen LogP contribution in [-0.4, -0.2) is 0 Å². The second kappa shape index (κ2) is 6.04. The molecule has 2 aliphatic carbocycles. The van der Waals surface area contributed by atoms with Gasteiger partial charge in [0.25, 0.3) is 0 Å². The van der Waals surface area contributed by atoms with Crippen molar-refractivity contribution in [3.8, 4) is 6.07 Å². The summed E-state index contributed by atoms with van der Waals surface area (Å²) in [5.74, 6) is -0.740. The molecule has 2 atom stereocenters. The van der Waals surface area contributed by atoms with Gasteiger partial charge in [-0.25, -0.2) is 8.78 Å². The molecule has 114 valence electrons.